The summed E-state index contributed by atoms with van der Waals surface area (Å²) in [5.74, 6) is 2.02. The zero-order chi connectivity index (χ0) is 20.3. The number of aryl methyl sites for hydroxylation is 1. The first-order valence-corrected chi connectivity index (χ1v) is 12.0. The zero-order valence-electron chi connectivity index (χ0n) is 17.0. The van der Waals surface area contributed by atoms with Gasteiger partial charge in [0.05, 0.1) is 5.39 Å². The Kier molecular flexibility index (Phi) is 5.66. The third-order valence-electron chi connectivity index (χ3n) is 5.51. The molecule has 1 aromatic carbocycles. The maximum Gasteiger partial charge on any atom is 0.141 e. The van der Waals surface area contributed by atoms with Crippen LogP contribution in [0.5, 0.6) is 5.75 Å². The normalized spacial score (nSPS) is 15.0. The van der Waals surface area contributed by atoms with E-state index in [0.29, 0.717) is 6.61 Å². The van der Waals surface area contributed by atoms with E-state index >= 15 is 0 Å². The Morgan fingerprint density at radius 2 is 1.83 bits per heavy atom. The first-order valence-electron chi connectivity index (χ1n) is 10.2. The van der Waals surface area contributed by atoms with E-state index in [0.717, 1.165) is 49.1 Å². The summed E-state index contributed by atoms with van der Waals surface area (Å²) < 4.78 is 5.91. The van der Waals surface area contributed by atoms with Gasteiger partial charge in [0, 0.05) is 48.5 Å². The second-order valence-electron chi connectivity index (χ2n) is 7.49. The van der Waals surface area contributed by atoms with Crippen LogP contribution in [0.4, 0.5) is 5.82 Å². The monoisotopic (exact) mass is 436 g/mol. The number of fused-ring (bicyclic) bond motifs is 1. The lowest BCUT2D eigenvalue weighted by atomic mass is 10.2. The number of nitrogens with zero attached hydrogens (tertiary/aromatic N) is 4. The van der Waals surface area contributed by atoms with Gasteiger partial charge in [-0.25, -0.2) is 9.97 Å². The van der Waals surface area contributed by atoms with E-state index in [-0.39, 0.29) is 0 Å². The van der Waals surface area contributed by atoms with Crippen LogP contribution in [0.25, 0.3) is 20.7 Å². The molecule has 4 heterocycles. The number of hydrogen-bond donors (Lipinski definition) is 0. The molecule has 1 aliphatic rings. The molecule has 5 rings (SSSR count). The van der Waals surface area contributed by atoms with Crippen molar-refractivity contribution in [2.75, 3.05) is 44.2 Å². The molecule has 0 bridgehead atoms. The van der Waals surface area contributed by atoms with Crippen molar-refractivity contribution in [1.82, 2.24) is 14.9 Å². The summed E-state index contributed by atoms with van der Waals surface area (Å²) >= 11 is 3.47. The SMILES string of the molecule is Cc1ccc(OCCN2CCN(c3ncnc4scc(-c5cccs5)c34)CC2)cc1. The number of hydrogen-bond acceptors (Lipinski definition) is 7. The van der Waals surface area contributed by atoms with Gasteiger partial charge in [0.25, 0.3) is 0 Å². The predicted molar refractivity (Wildman–Crippen MR) is 126 cm³/mol. The molecule has 7 heteroatoms. The summed E-state index contributed by atoms with van der Waals surface area (Å²) in [6.45, 7) is 7.72. The number of rotatable bonds is 6. The summed E-state index contributed by atoms with van der Waals surface area (Å²) in [5.41, 5.74) is 2.51. The molecule has 5 nitrogen and oxygen atoms in total. The van der Waals surface area contributed by atoms with Gasteiger partial charge < -0.3 is 9.64 Å². The fourth-order valence-electron chi connectivity index (χ4n) is 3.82. The highest BCUT2D eigenvalue weighted by molar-refractivity contribution is 7.18. The Balaban J connectivity index is 1.23. The zero-order valence-corrected chi connectivity index (χ0v) is 18.6. The summed E-state index contributed by atoms with van der Waals surface area (Å²) in [6.07, 6.45) is 1.70. The predicted octanol–water partition coefficient (Wildman–Crippen LogP) is 4.93. The van der Waals surface area contributed by atoms with Crippen molar-refractivity contribution in [1.29, 1.82) is 0 Å². The van der Waals surface area contributed by atoms with E-state index in [1.54, 1.807) is 29.0 Å². The molecule has 1 fully saturated rings. The number of ether oxygens (including phenoxy) is 1. The molecule has 4 aromatic rings. The van der Waals surface area contributed by atoms with Gasteiger partial charge in [0.15, 0.2) is 0 Å². The molecule has 0 atom stereocenters. The Hall–Kier alpha value is -2.48. The number of benzene rings is 1. The lowest BCUT2D eigenvalue weighted by molar-refractivity contribution is 0.200. The van der Waals surface area contributed by atoms with Crippen molar-refractivity contribution in [2.24, 2.45) is 0 Å². The molecule has 0 aliphatic carbocycles. The van der Waals surface area contributed by atoms with E-state index in [2.05, 4.69) is 56.7 Å². The van der Waals surface area contributed by atoms with Gasteiger partial charge in [-0.3, -0.25) is 4.90 Å². The minimum Gasteiger partial charge on any atom is -0.492 e. The second kappa shape index (κ2) is 8.71. The van der Waals surface area contributed by atoms with Crippen molar-refractivity contribution >= 4 is 38.7 Å². The van der Waals surface area contributed by atoms with Crippen LogP contribution in [0.2, 0.25) is 0 Å². The van der Waals surface area contributed by atoms with Gasteiger partial charge in [-0.05, 0) is 30.5 Å². The van der Waals surface area contributed by atoms with Gasteiger partial charge in [0.1, 0.15) is 29.3 Å². The van der Waals surface area contributed by atoms with Crippen LogP contribution in [0.15, 0.2) is 53.5 Å². The first kappa shape index (κ1) is 19.5. The molecule has 0 amide bonds. The number of aromatic nitrogens is 2. The number of anilines is 1. The van der Waals surface area contributed by atoms with Crippen LogP contribution >= 0.6 is 22.7 Å². The van der Waals surface area contributed by atoms with Gasteiger partial charge in [0.2, 0.25) is 0 Å². The lowest BCUT2D eigenvalue weighted by Gasteiger charge is -2.35. The molecular formula is C23H24N4OS2. The Bertz CT molecular complexity index is 1100. The quantitative estimate of drug-likeness (QED) is 0.429. The van der Waals surface area contributed by atoms with Gasteiger partial charge >= 0.3 is 0 Å². The molecule has 30 heavy (non-hydrogen) atoms. The van der Waals surface area contributed by atoms with Crippen molar-refractivity contribution in [3.63, 3.8) is 0 Å². The van der Waals surface area contributed by atoms with E-state index in [9.17, 15) is 0 Å². The molecule has 3 aromatic heterocycles. The minimum atomic E-state index is 0.716. The maximum atomic E-state index is 5.91. The molecule has 0 saturated carbocycles. The molecule has 0 spiro atoms. The third kappa shape index (κ3) is 4.05. The average Bonchev–Trinajstić information content (AvgIpc) is 3.45. The van der Waals surface area contributed by atoms with E-state index < -0.39 is 0 Å². The van der Waals surface area contributed by atoms with E-state index in [1.165, 1.54) is 21.4 Å². The van der Waals surface area contributed by atoms with Crippen molar-refractivity contribution in [3.8, 4) is 16.2 Å². The Morgan fingerprint density at radius 1 is 1.00 bits per heavy atom. The minimum absolute atomic E-state index is 0.716. The highest BCUT2D eigenvalue weighted by atomic mass is 32.1. The standard InChI is InChI=1S/C23H24N4OS2/c1-17-4-6-18(7-5-17)28-13-12-26-8-10-27(11-9-26)22-21-19(20-3-2-14-29-20)15-30-23(21)25-16-24-22/h2-7,14-16H,8-13H2,1H3. The molecule has 154 valence electrons. The highest BCUT2D eigenvalue weighted by Crippen LogP contribution is 2.39. The summed E-state index contributed by atoms with van der Waals surface area (Å²) in [7, 11) is 0. The number of thiophene rings is 2. The molecular weight excluding hydrogens is 412 g/mol. The molecule has 1 saturated heterocycles. The van der Waals surface area contributed by atoms with Crippen LogP contribution in [0.1, 0.15) is 5.56 Å². The summed E-state index contributed by atoms with van der Waals surface area (Å²) in [6, 6.07) is 12.5. The Morgan fingerprint density at radius 3 is 2.60 bits per heavy atom. The van der Waals surface area contributed by atoms with Gasteiger partial charge in [-0.2, -0.15) is 0 Å². The van der Waals surface area contributed by atoms with Crippen LogP contribution < -0.4 is 9.64 Å². The van der Waals surface area contributed by atoms with Gasteiger partial charge in [-0.15, -0.1) is 22.7 Å². The van der Waals surface area contributed by atoms with Gasteiger partial charge in [-0.1, -0.05) is 23.8 Å². The summed E-state index contributed by atoms with van der Waals surface area (Å²) in [4.78, 5) is 16.4. The molecule has 0 unspecified atom stereocenters. The van der Waals surface area contributed by atoms with Crippen LogP contribution in [-0.4, -0.2) is 54.2 Å². The third-order valence-corrected chi connectivity index (χ3v) is 7.30. The molecule has 0 N–H and O–H groups in total. The topological polar surface area (TPSA) is 41.5 Å². The Labute approximate surface area is 184 Å². The van der Waals surface area contributed by atoms with E-state index in [4.69, 9.17) is 9.72 Å². The first-order chi connectivity index (χ1) is 14.8. The fourth-order valence-corrected chi connectivity index (χ4v) is 5.55. The highest BCUT2D eigenvalue weighted by Gasteiger charge is 2.22. The van der Waals surface area contributed by atoms with Crippen molar-refractivity contribution in [2.45, 2.75) is 6.92 Å². The number of piperazine rings is 1. The summed E-state index contributed by atoms with van der Waals surface area (Å²) in [5, 5.41) is 5.54. The molecule has 1 aliphatic heterocycles. The fraction of sp³-hybridized carbons (Fsp3) is 0.304. The maximum absolute atomic E-state index is 5.91. The largest absolute Gasteiger partial charge is 0.492 e. The average molecular weight is 437 g/mol. The van der Waals surface area contributed by atoms with Crippen LogP contribution in [0.3, 0.4) is 0 Å². The van der Waals surface area contributed by atoms with Crippen molar-refractivity contribution < 1.29 is 4.74 Å². The van der Waals surface area contributed by atoms with Crippen molar-refractivity contribution in [3.05, 3.63) is 59.0 Å². The molecule has 0 radical (unpaired) electrons. The second-order valence-corrected chi connectivity index (χ2v) is 9.30. The smallest absolute Gasteiger partial charge is 0.141 e. The van der Waals surface area contributed by atoms with E-state index in [1.807, 2.05) is 12.1 Å². The van der Waals surface area contributed by atoms with Crippen LogP contribution in [-0.2, 0) is 0 Å². The lowest BCUT2D eigenvalue weighted by Crippen LogP contribution is -2.47. The van der Waals surface area contributed by atoms with Crippen LogP contribution in [0, 0.1) is 6.92 Å².